The molecule has 2 aromatic heterocycles. The Kier molecular flexibility index (Phi) is 6.52. The molecule has 35 heavy (non-hydrogen) atoms. The van der Waals surface area contributed by atoms with Crippen LogP contribution in [-0.4, -0.2) is 50.7 Å². The number of benzene rings is 2. The summed E-state index contributed by atoms with van der Waals surface area (Å²) in [6.45, 7) is 1.14. The first-order valence-corrected chi connectivity index (χ1v) is 11.6. The standard InChI is InChI=1S/C27H26N6O2/c34-26(29-22-13-16-32(17-14-22)27(35)30-21-9-3-1-4-10-21)24-19-33(23-11-5-2-6-12-23)31-25(24)20-8-7-15-28-18-20/h1-12,15,18-19,22H,13-14,16-17H2,(H,29,34)(H,30,35). The van der Waals surface area contributed by atoms with Crippen molar-refractivity contribution in [3.63, 3.8) is 0 Å². The number of nitrogens with one attached hydrogen (secondary N) is 2. The lowest BCUT2D eigenvalue weighted by Gasteiger charge is -2.32. The highest BCUT2D eigenvalue weighted by atomic mass is 16.2. The van der Waals surface area contributed by atoms with Gasteiger partial charge in [-0.2, -0.15) is 5.10 Å². The van der Waals surface area contributed by atoms with Crippen LogP contribution in [0.4, 0.5) is 10.5 Å². The van der Waals surface area contributed by atoms with Crippen LogP contribution in [0.1, 0.15) is 23.2 Å². The lowest BCUT2D eigenvalue weighted by atomic mass is 10.0. The Labute approximate surface area is 203 Å². The van der Waals surface area contributed by atoms with Crippen molar-refractivity contribution in [2.24, 2.45) is 0 Å². The highest BCUT2D eigenvalue weighted by Gasteiger charge is 2.26. The molecule has 0 atom stereocenters. The number of piperidine rings is 1. The second kappa shape index (κ2) is 10.2. The van der Waals surface area contributed by atoms with Crippen LogP contribution >= 0.6 is 0 Å². The number of para-hydroxylation sites is 2. The van der Waals surface area contributed by atoms with Gasteiger partial charge in [-0.3, -0.25) is 9.78 Å². The van der Waals surface area contributed by atoms with Crippen LogP contribution in [0.15, 0.2) is 91.4 Å². The van der Waals surface area contributed by atoms with Crippen molar-refractivity contribution in [2.45, 2.75) is 18.9 Å². The normalized spacial score (nSPS) is 13.9. The van der Waals surface area contributed by atoms with Gasteiger partial charge in [0.05, 0.1) is 11.3 Å². The molecular weight excluding hydrogens is 440 g/mol. The number of anilines is 1. The van der Waals surface area contributed by atoms with E-state index in [-0.39, 0.29) is 18.0 Å². The summed E-state index contributed by atoms with van der Waals surface area (Å²) in [5.41, 5.74) is 3.49. The average Bonchev–Trinajstić information content (AvgIpc) is 3.37. The van der Waals surface area contributed by atoms with Gasteiger partial charge in [-0.15, -0.1) is 0 Å². The van der Waals surface area contributed by atoms with Gasteiger partial charge >= 0.3 is 6.03 Å². The monoisotopic (exact) mass is 466 g/mol. The molecule has 3 amide bonds. The van der Waals surface area contributed by atoms with Crippen LogP contribution in [-0.2, 0) is 0 Å². The maximum atomic E-state index is 13.3. The van der Waals surface area contributed by atoms with E-state index in [4.69, 9.17) is 5.10 Å². The molecule has 176 valence electrons. The van der Waals surface area contributed by atoms with Gasteiger partial charge in [0.2, 0.25) is 0 Å². The molecule has 0 spiro atoms. The fourth-order valence-corrected chi connectivity index (χ4v) is 4.18. The Bertz CT molecular complexity index is 1280. The number of carbonyl (C=O) groups is 2. The molecule has 0 aliphatic carbocycles. The molecule has 2 aromatic carbocycles. The topological polar surface area (TPSA) is 92.2 Å². The Morgan fingerprint density at radius 3 is 2.29 bits per heavy atom. The van der Waals surface area contributed by atoms with E-state index in [0.29, 0.717) is 37.2 Å². The number of urea groups is 1. The van der Waals surface area contributed by atoms with Crippen molar-refractivity contribution in [3.05, 3.63) is 97.0 Å². The highest BCUT2D eigenvalue weighted by molar-refractivity contribution is 6.00. The van der Waals surface area contributed by atoms with Crippen LogP contribution < -0.4 is 10.6 Å². The average molecular weight is 467 g/mol. The molecule has 2 N–H and O–H groups in total. The van der Waals surface area contributed by atoms with E-state index in [1.807, 2.05) is 72.8 Å². The number of carbonyl (C=O) groups excluding carboxylic acids is 2. The number of aromatic nitrogens is 3. The quantitative estimate of drug-likeness (QED) is 0.457. The van der Waals surface area contributed by atoms with Gasteiger partial charge in [-0.1, -0.05) is 36.4 Å². The fourth-order valence-electron chi connectivity index (χ4n) is 4.18. The first-order chi connectivity index (χ1) is 17.2. The molecule has 1 fully saturated rings. The van der Waals surface area contributed by atoms with E-state index in [1.54, 1.807) is 28.2 Å². The van der Waals surface area contributed by atoms with Crippen molar-refractivity contribution >= 4 is 17.6 Å². The molecule has 3 heterocycles. The van der Waals surface area contributed by atoms with Crippen molar-refractivity contribution in [1.82, 2.24) is 25.0 Å². The first-order valence-electron chi connectivity index (χ1n) is 11.6. The zero-order chi connectivity index (χ0) is 24.0. The third kappa shape index (κ3) is 5.22. The second-order valence-corrected chi connectivity index (χ2v) is 8.44. The third-order valence-corrected chi connectivity index (χ3v) is 6.06. The van der Waals surface area contributed by atoms with E-state index in [0.717, 1.165) is 16.9 Å². The fraction of sp³-hybridized carbons (Fsp3) is 0.185. The molecule has 1 aliphatic heterocycles. The van der Waals surface area contributed by atoms with Crippen molar-refractivity contribution in [3.8, 4) is 16.9 Å². The summed E-state index contributed by atoms with van der Waals surface area (Å²) in [7, 11) is 0. The number of hydrogen-bond acceptors (Lipinski definition) is 4. The molecular formula is C27H26N6O2. The van der Waals surface area contributed by atoms with E-state index < -0.39 is 0 Å². The highest BCUT2D eigenvalue weighted by Crippen LogP contribution is 2.24. The Hall–Kier alpha value is -4.46. The minimum absolute atomic E-state index is 0.0231. The largest absolute Gasteiger partial charge is 0.349 e. The zero-order valence-electron chi connectivity index (χ0n) is 19.2. The van der Waals surface area contributed by atoms with Crippen LogP contribution in [0.2, 0.25) is 0 Å². The summed E-state index contributed by atoms with van der Waals surface area (Å²) in [5.74, 6) is -0.182. The lowest BCUT2D eigenvalue weighted by Crippen LogP contribution is -2.47. The molecule has 0 radical (unpaired) electrons. The first kappa shape index (κ1) is 22.3. The van der Waals surface area contributed by atoms with Crippen molar-refractivity contribution in [1.29, 1.82) is 0 Å². The number of likely N-dealkylation sites (tertiary alicyclic amines) is 1. The molecule has 4 aromatic rings. The molecule has 0 saturated carbocycles. The molecule has 8 nitrogen and oxygen atoms in total. The molecule has 0 bridgehead atoms. The van der Waals surface area contributed by atoms with Crippen LogP contribution in [0.5, 0.6) is 0 Å². The SMILES string of the molecule is O=C(NC1CCN(C(=O)Nc2ccccc2)CC1)c1cn(-c2ccccc2)nc1-c1cccnc1. The van der Waals surface area contributed by atoms with Gasteiger partial charge in [0.1, 0.15) is 5.69 Å². The Morgan fingerprint density at radius 2 is 1.60 bits per heavy atom. The minimum atomic E-state index is -0.182. The van der Waals surface area contributed by atoms with E-state index >= 15 is 0 Å². The summed E-state index contributed by atoms with van der Waals surface area (Å²) in [4.78, 5) is 31.9. The molecule has 1 saturated heterocycles. The predicted molar refractivity (Wildman–Crippen MR) is 134 cm³/mol. The third-order valence-electron chi connectivity index (χ3n) is 6.06. The van der Waals surface area contributed by atoms with Gasteiger partial charge in [-0.25, -0.2) is 9.48 Å². The van der Waals surface area contributed by atoms with E-state index in [2.05, 4.69) is 15.6 Å². The van der Waals surface area contributed by atoms with Crippen molar-refractivity contribution < 1.29 is 9.59 Å². The number of pyridine rings is 1. The van der Waals surface area contributed by atoms with E-state index in [1.165, 1.54) is 0 Å². The van der Waals surface area contributed by atoms with Crippen molar-refractivity contribution in [2.75, 3.05) is 18.4 Å². The van der Waals surface area contributed by atoms with Crippen LogP contribution in [0.3, 0.4) is 0 Å². The van der Waals surface area contributed by atoms with Gasteiger partial charge in [0.25, 0.3) is 5.91 Å². The zero-order valence-corrected chi connectivity index (χ0v) is 19.2. The summed E-state index contributed by atoms with van der Waals surface area (Å²) in [5, 5.41) is 10.8. The molecule has 1 aliphatic rings. The summed E-state index contributed by atoms with van der Waals surface area (Å²) in [6.07, 6.45) is 6.53. The Morgan fingerprint density at radius 1 is 0.886 bits per heavy atom. The van der Waals surface area contributed by atoms with Gasteiger partial charge in [0.15, 0.2) is 0 Å². The molecule has 0 unspecified atom stereocenters. The van der Waals surface area contributed by atoms with Gasteiger partial charge < -0.3 is 15.5 Å². The number of amides is 3. The van der Waals surface area contributed by atoms with Crippen LogP contribution in [0, 0.1) is 0 Å². The summed E-state index contributed by atoms with van der Waals surface area (Å²) < 4.78 is 1.72. The smallest absolute Gasteiger partial charge is 0.321 e. The molecule has 8 heteroatoms. The minimum Gasteiger partial charge on any atom is -0.349 e. The van der Waals surface area contributed by atoms with E-state index in [9.17, 15) is 9.59 Å². The summed E-state index contributed by atoms with van der Waals surface area (Å²) in [6, 6.07) is 22.7. The van der Waals surface area contributed by atoms with Gasteiger partial charge in [-0.05, 0) is 49.2 Å². The predicted octanol–water partition coefficient (Wildman–Crippen LogP) is 4.36. The number of hydrogen-bond donors (Lipinski definition) is 2. The molecule has 5 rings (SSSR count). The number of rotatable bonds is 5. The maximum absolute atomic E-state index is 13.3. The maximum Gasteiger partial charge on any atom is 0.321 e. The van der Waals surface area contributed by atoms with Crippen LogP contribution in [0.25, 0.3) is 16.9 Å². The summed E-state index contributed by atoms with van der Waals surface area (Å²) >= 11 is 0. The Balaban J connectivity index is 1.27. The number of nitrogens with zero attached hydrogens (tertiary/aromatic N) is 4. The second-order valence-electron chi connectivity index (χ2n) is 8.44. The lowest BCUT2D eigenvalue weighted by molar-refractivity contribution is 0.0920. The van der Waals surface area contributed by atoms with Gasteiger partial charge in [0, 0.05) is 49.0 Å².